The number of aromatic amines is 1. The highest BCUT2D eigenvalue weighted by Gasteiger charge is 2.47. The van der Waals surface area contributed by atoms with Gasteiger partial charge in [-0.05, 0) is 81.6 Å². The molecule has 2 aromatic heterocycles. The van der Waals surface area contributed by atoms with Crippen molar-refractivity contribution < 1.29 is 46.5 Å². The first-order chi connectivity index (χ1) is 54.6. The monoisotopic (exact) mass is 1640 g/mol. The molecule has 3 aromatic rings. The molecule has 113 heavy (non-hydrogen) atoms. The maximum atomic E-state index is 15.5. The fourth-order valence-corrected chi connectivity index (χ4v) is 18.7. The molecule has 0 saturated carbocycles. The molecule has 0 amide bonds. The molecule has 19 nitrogen and oxygen atoms in total. The minimum absolute atomic E-state index is 0.0205. The molecule has 4 heterocycles. The summed E-state index contributed by atoms with van der Waals surface area (Å²) >= 11 is 6.16. The number of benzene rings is 1. The minimum Gasteiger partial charge on any atom is -0.490 e. The van der Waals surface area contributed by atoms with Gasteiger partial charge in [0.05, 0.1) is 44.7 Å². The topological polar surface area (TPSA) is 203 Å². The van der Waals surface area contributed by atoms with Crippen molar-refractivity contribution in [2.75, 3.05) is 39.6 Å². The number of unbranched alkanes of at least 4 members (excludes halogenated alkanes) is 45. The summed E-state index contributed by atoms with van der Waals surface area (Å²) < 4.78 is 63.4. The zero-order chi connectivity index (χ0) is 82.0. The largest absolute Gasteiger partial charge is 0.490 e. The van der Waals surface area contributed by atoms with Crippen LogP contribution in [-0.4, -0.2) is 96.9 Å². The molecule has 2 saturated heterocycles. The number of hydrogen-bond donors (Lipinski definition) is 1. The van der Waals surface area contributed by atoms with E-state index in [4.69, 9.17) is 60.1 Å². The number of hydrogen-bond acceptors (Lipinski definition) is 15. The van der Waals surface area contributed by atoms with Crippen LogP contribution in [0.25, 0.3) is 4.85 Å². The van der Waals surface area contributed by atoms with Crippen LogP contribution >= 0.6 is 6.72 Å². The number of carbonyl (C=O) groups is 1. The Bertz CT molecular complexity index is 3360. The van der Waals surface area contributed by atoms with Crippen molar-refractivity contribution in [2.45, 2.75) is 445 Å². The van der Waals surface area contributed by atoms with E-state index in [1.807, 2.05) is 6.92 Å². The molecule has 7 atom stereocenters. The van der Waals surface area contributed by atoms with E-state index in [1.165, 1.54) is 272 Å². The molecule has 646 valence electrons. The molecule has 0 aliphatic carbocycles. The van der Waals surface area contributed by atoms with Gasteiger partial charge in [-0.15, -0.1) is 0 Å². The Morgan fingerprint density at radius 1 is 0.522 bits per heavy atom. The van der Waals surface area contributed by atoms with Crippen LogP contribution in [0.2, 0.25) is 18.1 Å². The van der Waals surface area contributed by atoms with Gasteiger partial charge in [0.25, 0.3) is 17.0 Å². The molecule has 2 aliphatic heterocycles. The summed E-state index contributed by atoms with van der Waals surface area (Å²) in [5.41, 5.74) is -2.25. The van der Waals surface area contributed by atoms with E-state index in [1.54, 1.807) is 26.0 Å². The van der Waals surface area contributed by atoms with Crippen LogP contribution in [0.1, 0.15) is 410 Å². The number of aryl methyl sites for hydroxylation is 2. The summed E-state index contributed by atoms with van der Waals surface area (Å²) in [5, 5.41) is -0.250. The molecule has 0 radical (unpaired) electrons. The lowest BCUT2D eigenvalue weighted by molar-refractivity contribution is -0.0473. The first-order valence-corrected chi connectivity index (χ1v) is 51.3. The van der Waals surface area contributed by atoms with Gasteiger partial charge >= 0.3 is 18.1 Å². The minimum atomic E-state index is -3.76. The molecule has 0 bridgehead atoms. The van der Waals surface area contributed by atoms with Gasteiger partial charge in [-0.3, -0.25) is 28.5 Å². The van der Waals surface area contributed by atoms with E-state index in [9.17, 15) is 14.4 Å². The Morgan fingerprint density at radius 3 is 1.29 bits per heavy atom. The van der Waals surface area contributed by atoms with Gasteiger partial charge in [0.15, 0.2) is 19.8 Å². The number of carbonyl (C=O) groups excluding carboxylic acids is 1. The third kappa shape index (κ3) is 38.1. The van der Waals surface area contributed by atoms with Gasteiger partial charge in [-0.1, -0.05) is 337 Å². The van der Waals surface area contributed by atoms with Crippen molar-refractivity contribution in [1.29, 1.82) is 0 Å². The highest BCUT2D eigenvalue weighted by molar-refractivity contribution is 8.07. The summed E-state index contributed by atoms with van der Waals surface area (Å²) in [6.07, 6.45) is 59.3. The molecule has 22 heteroatoms. The molecule has 2 fully saturated rings. The normalized spacial score (nSPS) is 17.8. The highest BCUT2D eigenvalue weighted by atomic mass is 32.5. The summed E-state index contributed by atoms with van der Waals surface area (Å²) in [6.45, 7) is 27.2. The zero-order valence-electron chi connectivity index (χ0n) is 72.9. The van der Waals surface area contributed by atoms with E-state index < -0.39 is 80.3 Å². The Hall–Kier alpha value is -4.23. The molecule has 3 unspecified atom stereocenters. The van der Waals surface area contributed by atoms with E-state index >= 15 is 9.59 Å². The summed E-state index contributed by atoms with van der Waals surface area (Å²) in [7, 11) is -2.60. The third-order valence-electron chi connectivity index (χ3n) is 23.4. The Balaban J connectivity index is 1.39. The predicted octanol–water partition coefficient (Wildman–Crippen LogP) is 24.7. The smallest absolute Gasteiger partial charge is 0.340 e. The van der Waals surface area contributed by atoms with Gasteiger partial charge in [-0.25, -0.2) is 16.2 Å². The summed E-state index contributed by atoms with van der Waals surface area (Å²) in [5.74, 6) is 0.279. The summed E-state index contributed by atoms with van der Waals surface area (Å²) in [4.78, 5) is 76.8. The van der Waals surface area contributed by atoms with Crippen molar-refractivity contribution in [3.05, 3.63) is 94.3 Å². The van der Waals surface area contributed by atoms with Crippen molar-refractivity contribution in [3.63, 3.8) is 0 Å². The molecule has 1 aromatic carbocycles. The molecule has 0 spiro atoms. The molecular formula is C91H158N5O14PSSi. The van der Waals surface area contributed by atoms with Crippen molar-refractivity contribution in [3.8, 4) is 17.2 Å². The lowest BCUT2D eigenvalue weighted by atomic mass is 10.0. The van der Waals surface area contributed by atoms with E-state index in [-0.39, 0.29) is 48.8 Å². The second-order valence-corrected chi connectivity index (χ2v) is 42.1. The highest BCUT2D eigenvalue weighted by Crippen LogP contribution is 2.55. The predicted molar refractivity (Wildman–Crippen MR) is 469 cm³/mol. The fraction of sp³-hybridized carbons (Fsp3) is 0.824. The van der Waals surface area contributed by atoms with Gasteiger partial charge in [0, 0.05) is 41.9 Å². The number of nitrogens with one attached hydrogen (secondary N) is 1. The van der Waals surface area contributed by atoms with Crippen LogP contribution in [0.4, 0.5) is 0 Å². The van der Waals surface area contributed by atoms with Crippen LogP contribution in [0.15, 0.2) is 43.7 Å². The van der Waals surface area contributed by atoms with Gasteiger partial charge in [0.2, 0.25) is 12.3 Å². The van der Waals surface area contributed by atoms with Crippen LogP contribution < -0.4 is 36.7 Å². The first-order valence-electron chi connectivity index (χ1n) is 45.8. The number of H-pyrrole nitrogens is 1. The number of nitrogens with zero attached hydrogens (tertiary/aromatic N) is 4. The average molecular weight is 1640 g/mol. The number of aromatic nitrogens is 4. The lowest BCUT2D eigenvalue weighted by Gasteiger charge is -2.39. The average Bonchev–Trinajstić information content (AvgIpc) is 1.76. The van der Waals surface area contributed by atoms with Crippen molar-refractivity contribution in [2.24, 2.45) is 0 Å². The molecule has 1 N–H and O–H groups in total. The molecule has 5 rings (SSSR count). The maximum absolute atomic E-state index is 15.5. The molecular weight excluding hydrogens is 1480 g/mol. The van der Waals surface area contributed by atoms with Gasteiger partial charge in [0.1, 0.15) is 25.2 Å². The Kier molecular flexibility index (Phi) is 50.8. The SMILES string of the molecule is [C-]#[N+]CCOP(=S)(OC[C@H]1O[C@@H](n2cc(C)c(=O)n(C(=O)c3cc(OCCCCCCCCCCCCCCCCCC)c(OCCCCCCCCCCCCCCCCCC)c(OCCCCCCCCCCCCCCCCCC)c3)c2=O)CC1O[Si](C)(C)C(C)(C)C)OC1C[C@H](n2cc(C)c(=O)[nH]c2=O)O[C@@H]1CC. The number of ether oxygens (including phenoxy) is 5. The second kappa shape index (κ2) is 57.8. The Labute approximate surface area is 689 Å². The van der Waals surface area contributed by atoms with Crippen LogP contribution in [-0.2, 0) is 39.3 Å². The van der Waals surface area contributed by atoms with E-state index in [0.29, 0.717) is 53.6 Å². The fourth-order valence-electron chi connectivity index (χ4n) is 15.2. The van der Waals surface area contributed by atoms with E-state index in [2.05, 4.69) is 64.5 Å². The quantitative estimate of drug-likeness (QED) is 0.0242. The van der Waals surface area contributed by atoms with Crippen molar-refractivity contribution >= 4 is 32.8 Å². The first kappa shape index (κ1) is 99.3. The lowest BCUT2D eigenvalue weighted by Crippen LogP contribution is -2.46. The standard InChI is InChI=1S/C91H158N5O14PSSi/c1-13-17-20-23-26-29-32-35-38-41-44-47-50-53-56-59-63-102-80-67-76(68-81(103-64-60-57-54-51-48-45-42-39-36-33-30-27-24-21-18-14-2)85(80)104-65-61-58-55-52-49-46-43-40-37-34-31-28-25-22-19-15-3)88(99)96-87(98)75(6)72-95(90(96)101)84-70-79(110-113(11,12)91(7,8)9)82(108-84)73-106-111(112,105-66-62-92-10)109-78-69-83(107-77(78)16-4)94-71-74(5)86(97)93-89(94)100/h67-68,71-72,77-79,82-84H,13-66,69-70,73H2,1-9,11-12H3,(H,93,97,100)/t77-,78?,79?,82-,83-,84-,111?/m1/s1. The van der Waals surface area contributed by atoms with Crippen molar-refractivity contribution in [1.82, 2.24) is 18.7 Å². The second-order valence-electron chi connectivity index (χ2n) is 34.3. The van der Waals surface area contributed by atoms with E-state index in [0.717, 1.165) is 57.8 Å². The van der Waals surface area contributed by atoms with Gasteiger partial charge < -0.3 is 46.5 Å². The Morgan fingerprint density at radius 2 is 0.894 bits per heavy atom. The summed E-state index contributed by atoms with van der Waals surface area (Å²) in [6, 6.07) is 3.25. The van der Waals surface area contributed by atoms with Crippen LogP contribution in [0.5, 0.6) is 17.2 Å². The maximum Gasteiger partial charge on any atom is 0.340 e. The number of rotatable bonds is 68. The van der Waals surface area contributed by atoms with Gasteiger partial charge in [-0.2, -0.15) is 4.57 Å². The van der Waals surface area contributed by atoms with Crippen LogP contribution in [0.3, 0.4) is 0 Å². The third-order valence-corrected chi connectivity index (χ3v) is 30.3. The molecule has 2 aliphatic rings. The zero-order valence-corrected chi connectivity index (χ0v) is 75.6. The van der Waals surface area contributed by atoms with Crippen LogP contribution in [0, 0.1) is 20.4 Å².